The van der Waals surface area contributed by atoms with Gasteiger partial charge in [-0.15, -0.1) is 0 Å². The van der Waals surface area contributed by atoms with Crippen molar-refractivity contribution in [2.45, 2.75) is 13.8 Å². The standard InChI is InChI=1S/C16H13Cl2N3O3/c1-7-6-11(24-20-7)13-10(17)5-4-9(14(13)18)15(22)12-8(2)19-21(3)16(12)23/h4-6,19H,1-3H3. The molecule has 3 aromatic rings. The van der Waals surface area contributed by atoms with Crippen LogP contribution in [0.15, 0.2) is 27.5 Å². The molecule has 3 rings (SSSR count). The molecule has 0 unspecified atom stereocenters. The van der Waals surface area contributed by atoms with Crippen molar-refractivity contribution >= 4 is 29.0 Å². The van der Waals surface area contributed by atoms with Crippen LogP contribution < -0.4 is 5.56 Å². The van der Waals surface area contributed by atoms with Crippen LogP contribution in [-0.2, 0) is 7.05 Å². The number of carbonyl (C=O) groups excluding carboxylic acids is 1. The summed E-state index contributed by atoms with van der Waals surface area (Å²) in [6.07, 6.45) is 0. The number of benzene rings is 1. The van der Waals surface area contributed by atoms with Gasteiger partial charge in [-0.3, -0.25) is 19.4 Å². The second-order valence-corrected chi connectivity index (χ2v) is 6.21. The number of ketones is 1. The molecule has 0 bridgehead atoms. The summed E-state index contributed by atoms with van der Waals surface area (Å²) in [4.78, 5) is 25.0. The van der Waals surface area contributed by atoms with Gasteiger partial charge in [-0.2, -0.15) is 0 Å². The van der Waals surface area contributed by atoms with Gasteiger partial charge < -0.3 is 4.52 Å². The van der Waals surface area contributed by atoms with E-state index in [2.05, 4.69) is 10.3 Å². The van der Waals surface area contributed by atoms with E-state index in [1.807, 2.05) is 0 Å². The Morgan fingerprint density at radius 1 is 1.29 bits per heavy atom. The largest absolute Gasteiger partial charge is 0.356 e. The summed E-state index contributed by atoms with van der Waals surface area (Å²) in [5.74, 6) is -0.121. The number of nitrogens with one attached hydrogen (secondary N) is 1. The van der Waals surface area contributed by atoms with Gasteiger partial charge in [-0.05, 0) is 26.0 Å². The molecule has 0 amide bonds. The molecule has 2 heterocycles. The molecule has 0 saturated heterocycles. The highest BCUT2D eigenvalue weighted by Gasteiger charge is 2.25. The Bertz CT molecular complexity index is 1010. The van der Waals surface area contributed by atoms with E-state index in [9.17, 15) is 9.59 Å². The molecule has 0 radical (unpaired) electrons. The monoisotopic (exact) mass is 365 g/mol. The van der Waals surface area contributed by atoms with Crippen molar-refractivity contribution in [2.75, 3.05) is 0 Å². The number of halogens is 2. The fourth-order valence-electron chi connectivity index (χ4n) is 2.52. The summed E-state index contributed by atoms with van der Waals surface area (Å²) in [7, 11) is 1.54. The summed E-state index contributed by atoms with van der Waals surface area (Å²) in [5.41, 5.74) is 1.29. The van der Waals surface area contributed by atoms with Crippen LogP contribution in [0.25, 0.3) is 11.3 Å². The first-order valence-corrected chi connectivity index (χ1v) is 7.78. The number of rotatable bonds is 3. The molecule has 0 aliphatic carbocycles. The molecule has 124 valence electrons. The Kier molecular flexibility index (Phi) is 4.11. The third-order valence-corrected chi connectivity index (χ3v) is 4.37. The minimum Gasteiger partial charge on any atom is -0.356 e. The molecular formula is C16H13Cl2N3O3. The third kappa shape index (κ3) is 2.57. The Morgan fingerprint density at radius 2 is 2.00 bits per heavy atom. The van der Waals surface area contributed by atoms with Crippen molar-refractivity contribution in [3.8, 4) is 11.3 Å². The van der Waals surface area contributed by atoms with Crippen LogP contribution in [-0.4, -0.2) is 20.7 Å². The van der Waals surface area contributed by atoms with Crippen molar-refractivity contribution in [3.63, 3.8) is 0 Å². The summed E-state index contributed by atoms with van der Waals surface area (Å²) in [6.45, 7) is 3.41. The van der Waals surface area contributed by atoms with Crippen molar-refractivity contribution in [1.82, 2.24) is 14.9 Å². The maximum atomic E-state index is 12.8. The van der Waals surface area contributed by atoms with E-state index in [4.69, 9.17) is 27.7 Å². The smallest absolute Gasteiger partial charge is 0.277 e. The predicted octanol–water partition coefficient (Wildman–Crippen LogP) is 3.52. The average Bonchev–Trinajstić information content (AvgIpc) is 3.03. The van der Waals surface area contributed by atoms with E-state index in [1.54, 1.807) is 26.0 Å². The van der Waals surface area contributed by atoms with Gasteiger partial charge in [-0.1, -0.05) is 28.4 Å². The molecule has 1 N–H and O–H groups in total. The number of hydrogen-bond acceptors (Lipinski definition) is 4. The topological polar surface area (TPSA) is 80.9 Å². The summed E-state index contributed by atoms with van der Waals surface area (Å²) in [5, 5.41) is 7.04. The van der Waals surface area contributed by atoms with Gasteiger partial charge >= 0.3 is 0 Å². The van der Waals surface area contributed by atoms with E-state index < -0.39 is 11.3 Å². The van der Waals surface area contributed by atoms with Gasteiger partial charge in [0.1, 0.15) is 5.56 Å². The van der Waals surface area contributed by atoms with Crippen molar-refractivity contribution in [2.24, 2.45) is 7.05 Å². The van der Waals surface area contributed by atoms with Crippen LogP contribution in [0.3, 0.4) is 0 Å². The number of carbonyl (C=O) groups is 1. The molecule has 0 aliphatic rings. The normalized spacial score (nSPS) is 11.0. The van der Waals surface area contributed by atoms with Crippen molar-refractivity contribution < 1.29 is 9.32 Å². The molecule has 6 nitrogen and oxygen atoms in total. The molecule has 0 saturated carbocycles. The second kappa shape index (κ2) is 5.96. The number of aromatic amines is 1. The van der Waals surface area contributed by atoms with Crippen molar-refractivity contribution in [3.05, 3.63) is 61.1 Å². The number of aryl methyl sites for hydroxylation is 3. The third-order valence-electron chi connectivity index (χ3n) is 3.67. The molecule has 0 spiro atoms. The van der Waals surface area contributed by atoms with Crippen LogP contribution in [0.2, 0.25) is 10.0 Å². The Hall–Kier alpha value is -2.31. The van der Waals surface area contributed by atoms with Gasteiger partial charge in [0.25, 0.3) is 5.56 Å². The van der Waals surface area contributed by atoms with Crippen molar-refractivity contribution in [1.29, 1.82) is 0 Å². The fraction of sp³-hybridized carbons (Fsp3) is 0.188. The highest BCUT2D eigenvalue weighted by Crippen LogP contribution is 2.38. The molecule has 2 aromatic heterocycles. The van der Waals surface area contributed by atoms with Crippen LogP contribution in [0.1, 0.15) is 27.3 Å². The zero-order chi connectivity index (χ0) is 17.6. The van der Waals surface area contributed by atoms with Crippen LogP contribution in [0.5, 0.6) is 0 Å². The van der Waals surface area contributed by atoms with Crippen LogP contribution in [0.4, 0.5) is 0 Å². The molecule has 24 heavy (non-hydrogen) atoms. The number of aromatic nitrogens is 3. The summed E-state index contributed by atoms with van der Waals surface area (Å²) in [6, 6.07) is 4.70. The quantitative estimate of drug-likeness (QED) is 0.719. The minimum atomic E-state index is -0.478. The lowest BCUT2D eigenvalue weighted by Crippen LogP contribution is -2.20. The molecule has 1 aromatic carbocycles. The summed E-state index contributed by atoms with van der Waals surface area (Å²) >= 11 is 12.6. The average molecular weight is 366 g/mol. The van der Waals surface area contributed by atoms with E-state index in [0.29, 0.717) is 27.7 Å². The zero-order valence-corrected chi connectivity index (χ0v) is 14.6. The first-order chi connectivity index (χ1) is 11.3. The number of hydrogen-bond donors (Lipinski definition) is 1. The summed E-state index contributed by atoms with van der Waals surface area (Å²) < 4.78 is 6.44. The van der Waals surface area contributed by atoms with Gasteiger partial charge in [0.2, 0.25) is 5.78 Å². The number of nitrogens with zero attached hydrogens (tertiary/aromatic N) is 2. The van der Waals surface area contributed by atoms with E-state index in [0.717, 1.165) is 0 Å². The van der Waals surface area contributed by atoms with E-state index in [1.165, 1.54) is 17.8 Å². The van der Waals surface area contributed by atoms with Gasteiger partial charge in [0.15, 0.2) is 5.76 Å². The highest BCUT2D eigenvalue weighted by atomic mass is 35.5. The lowest BCUT2D eigenvalue weighted by Gasteiger charge is -2.08. The van der Waals surface area contributed by atoms with Gasteiger partial charge in [-0.25, -0.2) is 0 Å². The molecule has 8 heteroatoms. The molecule has 0 aliphatic heterocycles. The van der Waals surface area contributed by atoms with Gasteiger partial charge in [0, 0.05) is 24.4 Å². The Labute approximate surface area is 147 Å². The fourth-order valence-corrected chi connectivity index (χ4v) is 3.17. The van der Waals surface area contributed by atoms with Gasteiger partial charge in [0.05, 0.1) is 21.3 Å². The van der Waals surface area contributed by atoms with E-state index in [-0.39, 0.29) is 16.1 Å². The predicted molar refractivity (Wildman–Crippen MR) is 90.9 cm³/mol. The lowest BCUT2D eigenvalue weighted by molar-refractivity contribution is 0.103. The first kappa shape index (κ1) is 16.5. The molecular weight excluding hydrogens is 353 g/mol. The second-order valence-electron chi connectivity index (χ2n) is 5.42. The minimum absolute atomic E-state index is 0.0430. The first-order valence-electron chi connectivity index (χ1n) is 7.03. The maximum Gasteiger partial charge on any atom is 0.277 e. The highest BCUT2D eigenvalue weighted by molar-refractivity contribution is 6.41. The SMILES string of the molecule is Cc1cc(-c2c(Cl)ccc(C(=O)c3c(C)[nH]n(C)c3=O)c2Cl)on1. The Morgan fingerprint density at radius 3 is 2.54 bits per heavy atom. The van der Waals surface area contributed by atoms with Crippen LogP contribution in [0, 0.1) is 13.8 Å². The molecule has 0 fully saturated rings. The maximum absolute atomic E-state index is 12.8. The Balaban J connectivity index is 2.20. The lowest BCUT2D eigenvalue weighted by atomic mass is 10.0. The molecule has 0 atom stereocenters. The van der Waals surface area contributed by atoms with E-state index >= 15 is 0 Å². The van der Waals surface area contributed by atoms with Crippen LogP contribution >= 0.6 is 23.2 Å². The number of H-pyrrole nitrogens is 1. The zero-order valence-electron chi connectivity index (χ0n) is 13.1.